The number of rotatable bonds is 10. The summed E-state index contributed by atoms with van der Waals surface area (Å²) in [6.45, 7) is 7.22. The fraction of sp³-hybridized carbons (Fsp3) is 0.704. The molecule has 0 radical (unpaired) electrons. The van der Waals surface area contributed by atoms with Gasteiger partial charge in [-0.05, 0) is 57.4 Å². The number of carbonyl (C=O) groups is 2. The summed E-state index contributed by atoms with van der Waals surface area (Å²) in [7, 11) is 0. The van der Waals surface area contributed by atoms with Gasteiger partial charge in [-0.3, -0.25) is 9.59 Å². The number of hydrogen-bond acceptors (Lipinski definition) is 5. The fourth-order valence-electron chi connectivity index (χ4n) is 5.29. The molecule has 1 aliphatic heterocycles. The number of anilines is 1. The topological polar surface area (TPSA) is 79.9 Å². The van der Waals surface area contributed by atoms with Crippen LogP contribution in [0.3, 0.4) is 0 Å². The summed E-state index contributed by atoms with van der Waals surface area (Å²) >= 11 is 0. The van der Waals surface area contributed by atoms with Gasteiger partial charge in [0.15, 0.2) is 0 Å². The molecule has 208 valence electrons. The average molecular weight is 528 g/mol. The van der Waals surface area contributed by atoms with Gasteiger partial charge in [0.25, 0.3) is 0 Å². The van der Waals surface area contributed by atoms with Gasteiger partial charge in [-0.2, -0.15) is 0 Å². The Morgan fingerprint density at radius 1 is 1.08 bits per heavy atom. The molecule has 2 amide bonds. The zero-order chi connectivity index (χ0) is 27.0. The highest BCUT2D eigenvalue weighted by Crippen LogP contribution is 2.31. The van der Waals surface area contributed by atoms with E-state index >= 15 is 0 Å². The van der Waals surface area contributed by atoms with Crippen molar-refractivity contribution in [2.24, 2.45) is 11.8 Å². The minimum absolute atomic E-state index is 0.00935. The summed E-state index contributed by atoms with van der Waals surface area (Å²) in [6, 6.07) is 5.21. The van der Waals surface area contributed by atoms with E-state index in [1.54, 1.807) is 0 Å². The van der Waals surface area contributed by atoms with Crippen molar-refractivity contribution < 1.29 is 32.2 Å². The first-order valence-corrected chi connectivity index (χ1v) is 13.3. The molecule has 2 aliphatic rings. The Kier molecular flexibility index (Phi) is 10.5. The van der Waals surface area contributed by atoms with Gasteiger partial charge in [-0.25, -0.2) is 0 Å². The molecule has 1 aromatic rings. The number of halogens is 3. The number of benzene rings is 1. The molecule has 7 nitrogen and oxygen atoms in total. The van der Waals surface area contributed by atoms with E-state index in [2.05, 4.69) is 15.4 Å². The van der Waals surface area contributed by atoms with E-state index < -0.39 is 12.3 Å². The highest BCUT2D eigenvalue weighted by Gasteiger charge is 2.32. The Labute approximate surface area is 217 Å². The van der Waals surface area contributed by atoms with E-state index in [0.29, 0.717) is 37.7 Å². The van der Waals surface area contributed by atoms with Crippen molar-refractivity contribution in [3.05, 3.63) is 24.3 Å². The fourth-order valence-corrected chi connectivity index (χ4v) is 5.29. The van der Waals surface area contributed by atoms with E-state index in [1.807, 2.05) is 25.7 Å². The lowest BCUT2D eigenvalue weighted by Crippen LogP contribution is -2.49. The summed E-state index contributed by atoms with van der Waals surface area (Å²) in [6.07, 6.45) is 1.83. The van der Waals surface area contributed by atoms with Gasteiger partial charge in [0, 0.05) is 43.7 Å². The third-order valence-electron chi connectivity index (χ3n) is 7.00. The molecule has 1 saturated heterocycles. The van der Waals surface area contributed by atoms with Gasteiger partial charge in [0.05, 0.1) is 12.2 Å². The van der Waals surface area contributed by atoms with Crippen molar-refractivity contribution >= 4 is 17.5 Å². The van der Waals surface area contributed by atoms with Gasteiger partial charge >= 0.3 is 6.36 Å². The highest BCUT2D eigenvalue weighted by atomic mass is 19.4. The van der Waals surface area contributed by atoms with Crippen molar-refractivity contribution in [2.45, 2.75) is 90.3 Å². The van der Waals surface area contributed by atoms with Crippen LogP contribution in [-0.2, 0) is 14.3 Å². The monoisotopic (exact) mass is 527 g/mol. The Morgan fingerprint density at radius 2 is 1.70 bits per heavy atom. The maximum absolute atomic E-state index is 13.3. The van der Waals surface area contributed by atoms with E-state index in [4.69, 9.17) is 4.74 Å². The van der Waals surface area contributed by atoms with Crippen molar-refractivity contribution in [3.63, 3.8) is 0 Å². The molecule has 1 heterocycles. The normalized spacial score (nSPS) is 22.7. The zero-order valence-corrected chi connectivity index (χ0v) is 22.0. The number of nitrogens with one attached hydrogen (secondary N) is 2. The van der Waals surface area contributed by atoms with Crippen LogP contribution in [0.25, 0.3) is 0 Å². The molecule has 2 N–H and O–H groups in total. The first-order chi connectivity index (χ1) is 17.5. The first-order valence-electron chi connectivity index (χ1n) is 13.3. The van der Waals surface area contributed by atoms with Gasteiger partial charge in [0.1, 0.15) is 5.75 Å². The number of nitrogens with zero attached hydrogens (tertiary/aromatic N) is 1. The SMILES string of the molecule is C[C@@H]1CN(C(=O)C[C@@H](CC2CCCCC2)C(=O)N[C@@H](C)CNc2ccc(OC(F)(F)F)cc2)C[C@H](C)O1. The van der Waals surface area contributed by atoms with Crippen LogP contribution in [0.4, 0.5) is 18.9 Å². The van der Waals surface area contributed by atoms with Crippen LogP contribution >= 0.6 is 0 Å². The average Bonchev–Trinajstić information content (AvgIpc) is 2.82. The lowest BCUT2D eigenvalue weighted by atomic mass is 9.81. The molecule has 0 unspecified atom stereocenters. The molecule has 10 heteroatoms. The Morgan fingerprint density at radius 3 is 2.30 bits per heavy atom. The molecule has 3 rings (SSSR count). The third kappa shape index (κ3) is 10.1. The molecule has 1 aliphatic carbocycles. The van der Waals surface area contributed by atoms with Gasteiger partial charge in [0.2, 0.25) is 11.8 Å². The molecule has 1 aromatic carbocycles. The van der Waals surface area contributed by atoms with Crippen LogP contribution in [-0.4, -0.2) is 61.0 Å². The van der Waals surface area contributed by atoms with Crippen LogP contribution in [0.2, 0.25) is 0 Å². The molecule has 0 bridgehead atoms. The van der Waals surface area contributed by atoms with E-state index in [9.17, 15) is 22.8 Å². The first kappa shape index (κ1) is 29.1. The number of ether oxygens (including phenoxy) is 2. The predicted molar refractivity (Wildman–Crippen MR) is 135 cm³/mol. The smallest absolute Gasteiger partial charge is 0.406 e. The molecule has 1 saturated carbocycles. The number of hydrogen-bond donors (Lipinski definition) is 2. The second-order valence-electron chi connectivity index (χ2n) is 10.6. The van der Waals surface area contributed by atoms with Crippen LogP contribution < -0.4 is 15.4 Å². The minimum atomic E-state index is -4.73. The number of carbonyl (C=O) groups excluding carboxylic acids is 2. The quantitative estimate of drug-likeness (QED) is 0.442. The summed E-state index contributed by atoms with van der Waals surface area (Å²) < 4.78 is 46.7. The molecular weight excluding hydrogens is 487 g/mol. The maximum Gasteiger partial charge on any atom is 0.573 e. The predicted octanol–water partition coefficient (Wildman–Crippen LogP) is 5.11. The zero-order valence-electron chi connectivity index (χ0n) is 22.0. The maximum atomic E-state index is 13.3. The molecule has 4 atom stereocenters. The van der Waals surface area contributed by atoms with Crippen LogP contribution in [0.5, 0.6) is 5.75 Å². The number of amides is 2. The number of alkyl halides is 3. The Bertz CT molecular complexity index is 865. The molecule has 0 spiro atoms. The largest absolute Gasteiger partial charge is 0.573 e. The van der Waals surface area contributed by atoms with Crippen LogP contribution in [0, 0.1) is 11.8 Å². The minimum Gasteiger partial charge on any atom is -0.406 e. The summed E-state index contributed by atoms with van der Waals surface area (Å²) in [5.74, 6) is -0.379. The van der Waals surface area contributed by atoms with Gasteiger partial charge in [-0.1, -0.05) is 32.1 Å². The van der Waals surface area contributed by atoms with E-state index in [1.165, 1.54) is 43.5 Å². The van der Waals surface area contributed by atoms with Gasteiger partial charge < -0.3 is 25.0 Å². The highest BCUT2D eigenvalue weighted by molar-refractivity contribution is 5.86. The molecular formula is C27H40F3N3O4. The summed E-state index contributed by atoms with van der Waals surface area (Å²) in [4.78, 5) is 28.3. The third-order valence-corrected chi connectivity index (χ3v) is 7.00. The molecule has 2 fully saturated rings. The van der Waals surface area contributed by atoms with Crippen molar-refractivity contribution in [1.82, 2.24) is 10.2 Å². The standard InChI is InChI=1S/C27H40F3N3O4/c1-18(15-31-23-9-11-24(12-10-23)37-27(28,29)30)32-26(35)22(13-21-7-5-4-6-8-21)14-25(34)33-16-19(2)36-20(3)17-33/h9-12,18-22,31H,4-8,13-17H2,1-3H3,(H,32,35)/t18-,19-,20+,22+/m0/s1. The van der Waals surface area contributed by atoms with Crippen molar-refractivity contribution in [1.29, 1.82) is 0 Å². The van der Waals surface area contributed by atoms with E-state index in [-0.39, 0.29) is 42.2 Å². The van der Waals surface area contributed by atoms with Gasteiger partial charge in [-0.15, -0.1) is 13.2 Å². The second-order valence-corrected chi connectivity index (χ2v) is 10.6. The lowest BCUT2D eigenvalue weighted by Gasteiger charge is -2.36. The lowest BCUT2D eigenvalue weighted by molar-refractivity contribution is -0.274. The summed E-state index contributed by atoms with van der Waals surface area (Å²) in [5, 5.41) is 6.16. The Balaban J connectivity index is 1.55. The van der Waals surface area contributed by atoms with Crippen LogP contribution in [0.15, 0.2) is 24.3 Å². The second kappa shape index (κ2) is 13.3. The molecule has 37 heavy (non-hydrogen) atoms. The number of morpholine rings is 1. The van der Waals surface area contributed by atoms with E-state index in [0.717, 1.165) is 12.8 Å². The van der Waals surface area contributed by atoms with Crippen LogP contribution in [0.1, 0.15) is 65.7 Å². The molecule has 0 aromatic heterocycles. The van der Waals surface area contributed by atoms with Crippen molar-refractivity contribution in [3.8, 4) is 5.75 Å². The van der Waals surface area contributed by atoms with Crippen molar-refractivity contribution in [2.75, 3.05) is 25.0 Å². The summed E-state index contributed by atoms with van der Waals surface area (Å²) in [5.41, 5.74) is 0.611. The Hall–Kier alpha value is -2.49.